The number of anilines is 1. The van der Waals surface area contributed by atoms with Crippen LogP contribution in [0.25, 0.3) is 0 Å². The topological polar surface area (TPSA) is 24.1 Å². The summed E-state index contributed by atoms with van der Waals surface area (Å²) in [6.07, 6.45) is 3.38. The van der Waals surface area contributed by atoms with Crippen LogP contribution in [0.5, 0.6) is 0 Å². The van der Waals surface area contributed by atoms with Crippen LogP contribution in [0.1, 0.15) is 37.8 Å². The number of hydrogen-bond acceptors (Lipinski definition) is 1. The number of rotatable bonds is 5. The van der Waals surface area contributed by atoms with E-state index in [1.807, 2.05) is 0 Å². The molecular weight excluding hydrogens is 228 g/mol. The Kier molecular flexibility index (Phi) is 5.98. The second-order valence-corrected chi connectivity index (χ2v) is 4.64. The fourth-order valence-corrected chi connectivity index (χ4v) is 1.90. The summed E-state index contributed by atoms with van der Waals surface area (Å²) < 4.78 is 0. The first-order valence-electron chi connectivity index (χ1n) is 6.31. The van der Waals surface area contributed by atoms with Crippen molar-refractivity contribution in [2.45, 2.75) is 40.0 Å². The molecule has 0 radical (unpaired) electrons. The van der Waals surface area contributed by atoms with E-state index < -0.39 is 0 Å². The Labute approximate surface area is 110 Å². The first-order valence-corrected chi connectivity index (χ1v) is 6.72. The molecule has 17 heavy (non-hydrogen) atoms. The molecule has 0 aromatic heterocycles. The maximum absolute atomic E-state index is 5.24. The maximum atomic E-state index is 5.24. The van der Waals surface area contributed by atoms with Gasteiger partial charge in [-0.25, -0.2) is 0 Å². The Bertz CT molecular complexity index is 374. The monoisotopic (exact) mass is 250 g/mol. The summed E-state index contributed by atoms with van der Waals surface area (Å²) in [5, 5.41) is 7.14. The van der Waals surface area contributed by atoms with Crippen molar-refractivity contribution in [2.24, 2.45) is 0 Å². The predicted octanol–water partition coefficient (Wildman–Crippen LogP) is 3.64. The first kappa shape index (κ1) is 14.0. The van der Waals surface area contributed by atoms with Crippen molar-refractivity contribution in [2.75, 3.05) is 11.9 Å². The maximum Gasteiger partial charge on any atom is 0.170 e. The zero-order valence-electron chi connectivity index (χ0n) is 11.0. The number of unbranched alkanes of at least 4 members (excludes halogenated alkanes) is 1. The van der Waals surface area contributed by atoms with Crippen molar-refractivity contribution in [1.29, 1.82) is 0 Å². The van der Waals surface area contributed by atoms with Crippen LogP contribution in [-0.4, -0.2) is 11.7 Å². The lowest BCUT2D eigenvalue weighted by Gasteiger charge is -2.12. The molecule has 0 aliphatic heterocycles. The third kappa shape index (κ3) is 4.73. The van der Waals surface area contributed by atoms with E-state index in [1.54, 1.807) is 0 Å². The molecule has 0 amide bonds. The molecular formula is C14H22N2S. The Morgan fingerprint density at radius 3 is 2.71 bits per heavy atom. The van der Waals surface area contributed by atoms with Crippen LogP contribution in [0.3, 0.4) is 0 Å². The summed E-state index contributed by atoms with van der Waals surface area (Å²) in [5.41, 5.74) is 3.77. The molecule has 0 bridgehead atoms. The van der Waals surface area contributed by atoms with E-state index in [0.29, 0.717) is 5.11 Å². The molecule has 3 heteroatoms. The quantitative estimate of drug-likeness (QED) is 0.616. The van der Waals surface area contributed by atoms with Crippen molar-refractivity contribution >= 4 is 23.0 Å². The standard InChI is InChI=1S/C14H22N2S/c1-4-6-9-15-14(17)16-13-8-7-11(3)12(5-2)10-13/h7-8,10H,4-6,9H2,1-3H3,(H2,15,16,17). The fourth-order valence-electron chi connectivity index (χ4n) is 1.68. The van der Waals surface area contributed by atoms with Crippen LogP contribution >= 0.6 is 12.2 Å². The van der Waals surface area contributed by atoms with Crippen LogP contribution in [0, 0.1) is 6.92 Å². The van der Waals surface area contributed by atoms with Gasteiger partial charge in [-0.1, -0.05) is 26.3 Å². The molecule has 0 unspecified atom stereocenters. The second kappa shape index (κ2) is 7.28. The Morgan fingerprint density at radius 2 is 2.06 bits per heavy atom. The van der Waals surface area contributed by atoms with Crippen LogP contribution in [0.4, 0.5) is 5.69 Å². The zero-order valence-corrected chi connectivity index (χ0v) is 11.8. The lowest BCUT2D eigenvalue weighted by molar-refractivity contribution is 0.758. The summed E-state index contributed by atoms with van der Waals surface area (Å²) in [4.78, 5) is 0. The molecule has 1 rings (SSSR count). The van der Waals surface area contributed by atoms with Gasteiger partial charge in [0.1, 0.15) is 0 Å². The van der Waals surface area contributed by atoms with Crippen molar-refractivity contribution in [3.05, 3.63) is 29.3 Å². The lowest BCUT2D eigenvalue weighted by Crippen LogP contribution is -2.29. The first-order chi connectivity index (χ1) is 8.17. The van der Waals surface area contributed by atoms with Gasteiger partial charge in [0.15, 0.2) is 5.11 Å². The third-order valence-corrected chi connectivity index (χ3v) is 3.05. The molecule has 0 saturated carbocycles. The normalized spacial score (nSPS) is 10.1. The number of aryl methyl sites for hydroxylation is 2. The number of nitrogens with one attached hydrogen (secondary N) is 2. The molecule has 0 fully saturated rings. The van der Waals surface area contributed by atoms with Gasteiger partial charge >= 0.3 is 0 Å². The number of benzene rings is 1. The van der Waals surface area contributed by atoms with Gasteiger partial charge in [0.25, 0.3) is 0 Å². The van der Waals surface area contributed by atoms with Crippen molar-refractivity contribution < 1.29 is 0 Å². The Hall–Kier alpha value is -1.09. The molecule has 0 aliphatic carbocycles. The smallest absolute Gasteiger partial charge is 0.170 e. The highest BCUT2D eigenvalue weighted by atomic mass is 32.1. The van der Waals surface area contributed by atoms with E-state index in [9.17, 15) is 0 Å². The van der Waals surface area contributed by atoms with Crippen LogP contribution in [0.15, 0.2) is 18.2 Å². The van der Waals surface area contributed by atoms with Crippen LogP contribution in [0.2, 0.25) is 0 Å². The largest absolute Gasteiger partial charge is 0.362 e. The summed E-state index contributed by atoms with van der Waals surface area (Å²) in [6, 6.07) is 6.38. The SMILES string of the molecule is CCCCNC(=S)Nc1ccc(C)c(CC)c1. The molecule has 1 aromatic carbocycles. The second-order valence-electron chi connectivity index (χ2n) is 4.23. The van der Waals surface area contributed by atoms with E-state index in [-0.39, 0.29) is 0 Å². The molecule has 1 aromatic rings. The van der Waals surface area contributed by atoms with Gasteiger partial charge in [-0.3, -0.25) is 0 Å². The van der Waals surface area contributed by atoms with Gasteiger partial charge in [-0.05, 0) is 55.2 Å². The van der Waals surface area contributed by atoms with Gasteiger partial charge in [-0.15, -0.1) is 0 Å². The lowest BCUT2D eigenvalue weighted by atomic mass is 10.1. The van der Waals surface area contributed by atoms with Crippen LogP contribution in [-0.2, 0) is 6.42 Å². The molecule has 0 aliphatic rings. The molecule has 0 spiro atoms. The summed E-state index contributed by atoms with van der Waals surface area (Å²) in [5.74, 6) is 0. The van der Waals surface area contributed by atoms with Crippen LogP contribution < -0.4 is 10.6 Å². The predicted molar refractivity (Wildman–Crippen MR) is 79.7 cm³/mol. The van der Waals surface area contributed by atoms with Crippen molar-refractivity contribution in [1.82, 2.24) is 5.32 Å². The highest BCUT2D eigenvalue weighted by Gasteiger charge is 2.00. The van der Waals surface area contributed by atoms with E-state index in [4.69, 9.17) is 12.2 Å². The Morgan fingerprint density at radius 1 is 1.29 bits per heavy atom. The van der Waals surface area contributed by atoms with E-state index in [2.05, 4.69) is 49.6 Å². The minimum atomic E-state index is 0.712. The molecule has 2 nitrogen and oxygen atoms in total. The van der Waals surface area contributed by atoms with Gasteiger partial charge < -0.3 is 10.6 Å². The summed E-state index contributed by atoms with van der Waals surface area (Å²) in [7, 11) is 0. The number of thiocarbonyl (C=S) groups is 1. The number of hydrogen-bond donors (Lipinski definition) is 2. The highest BCUT2D eigenvalue weighted by molar-refractivity contribution is 7.80. The van der Waals surface area contributed by atoms with E-state index in [0.717, 1.165) is 25.1 Å². The summed E-state index contributed by atoms with van der Waals surface area (Å²) in [6.45, 7) is 7.42. The van der Waals surface area contributed by atoms with Crippen molar-refractivity contribution in [3.8, 4) is 0 Å². The fraction of sp³-hybridized carbons (Fsp3) is 0.500. The minimum absolute atomic E-state index is 0.712. The van der Waals surface area contributed by atoms with Crippen molar-refractivity contribution in [3.63, 3.8) is 0 Å². The van der Waals surface area contributed by atoms with E-state index in [1.165, 1.54) is 17.5 Å². The average Bonchev–Trinajstić information content (AvgIpc) is 2.32. The van der Waals surface area contributed by atoms with Gasteiger partial charge in [0.2, 0.25) is 0 Å². The minimum Gasteiger partial charge on any atom is -0.362 e. The molecule has 0 atom stereocenters. The van der Waals surface area contributed by atoms with Gasteiger partial charge in [0.05, 0.1) is 0 Å². The van der Waals surface area contributed by atoms with E-state index >= 15 is 0 Å². The third-order valence-electron chi connectivity index (χ3n) is 2.80. The average molecular weight is 250 g/mol. The Balaban J connectivity index is 2.53. The van der Waals surface area contributed by atoms with Gasteiger partial charge in [-0.2, -0.15) is 0 Å². The summed E-state index contributed by atoms with van der Waals surface area (Å²) >= 11 is 5.24. The molecule has 2 N–H and O–H groups in total. The highest BCUT2D eigenvalue weighted by Crippen LogP contribution is 2.15. The van der Waals surface area contributed by atoms with Gasteiger partial charge in [0, 0.05) is 12.2 Å². The molecule has 0 saturated heterocycles. The zero-order chi connectivity index (χ0) is 12.7. The molecule has 94 valence electrons. The molecule has 0 heterocycles.